The molecule has 0 fully saturated rings. The van der Waals surface area contributed by atoms with Gasteiger partial charge in [-0.05, 0) is 6.92 Å². The van der Waals surface area contributed by atoms with Crippen LogP contribution in [0.2, 0.25) is 0 Å². The van der Waals surface area contributed by atoms with Gasteiger partial charge in [0.15, 0.2) is 0 Å². The third-order valence-corrected chi connectivity index (χ3v) is 1.84. The number of ether oxygens (including phenoxy) is 1. The van der Waals surface area contributed by atoms with E-state index in [1.807, 2.05) is 0 Å². The fourth-order valence-corrected chi connectivity index (χ4v) is 1.13. The first-order valence-electron chi connectivity index (χ1n) is 4.76. The standard InChI is InChI=1S/C9H13N3O4.ClH/c1-2-16-9(15)12-7(8(13)14)3-6-4-10-5-11-6;/h4-5,7H,2-3H2,1H3,(H,10,11)(H,12,15)(H,13,14);1H/t7-;/m0./s1. The molecule has 1 aromatic heterocycles. The van der Waals surface area contributed by atoms with E-state index in [0.29, 0.717) is 5.69 Å². The molecule has 1 rings (SSSR count). The first-order valence-corrected chi connectivity index (χ1v) is 4.76. The second-order valence-electron chi connectivity index (χ2n) is 3.04. The quantitative estimate of drug-likeness (QED) is 0.721. The lowest BCUT2D eigenvalue weighted by atomic mass is 10.2. The predicted molar refractivity (Wildman–Crippen MR) is 61.1 cm³/mol. The van der Waals surface area contributed by atoms with Gasteiger partial charge in [-0.25, -0.2) is 14.6 Å². The van der Waals surface area contributed by atoms with Crippen LogP contribution in [0.25, 0.3) is 0 Å². The number of imidazole rings is 1. The molecule has 96 valence electrons. The van der Waals surface area contributed by atoms with Crippen LogP contribution in [-0.2, 0) is 16.0 Å². The molecule has 0 saturated carbocycles. The Balaban J connectivity index is 0.00000256. The molecule has 7 nitrogen and oxygen atoms in total. The summed E-state index contributed by atoms with van der Waals surface area (Å²) in [5.41, 5.74) is 0.629. The SMILES string of the molecule is CCOC(=O)N[C@@H](Cc1cnc[nH]1)C(=O)O.Cl. The highest BCUT2D eigenvalue weighted by Crippen LogP contribution is 1.99. The molecule has 1 amide bonds. The molecule has 0 bridgehead atoms. The maximum absolute atomic E-state index is 11.1. The lowest BCUT2D eigenvalue weighted by Crippen LogP contribution is -2.42. The molecule has 17 heavy (non-hydrogen) atoms. The van der Waals surface area contributed by atoms with E-state index >= 15 is 0 Å². The average Bonchev–Trinajstić information content (AvgIpc) is 2.69. The van der Waals surface area contributed by atoms with E-state index in [4.69, 9.17) is 5.11 Å². The van der Waals surface area contributed by atoms with E-state index in [0.717, 1.165) is 0 Å². The molecule has 0 radical (unpaired) electrons. The van der Waals surface area contributed by atoms with E-state index < -0.39 is 18.1 Å². The van der Waals surface area contributed by atoms with Crippen molar-refractivity contribution in [2.24, 2.45) is 0 Å². The number of carboxylic acid groups (broad SMARTS) is 1. The third kappa shape index (κ3) is 5.21. The number of H-pyrrole nitrogens is 1. The summed E-state index contributed by atoms with van der Waals surface area (Å²) >= 11 is 0. The highest BCUT2D eigenvalue weighted by molar-refractivity contribution is 5.85. The van der Waals surface area contributed by atoms with Crippen LogP contribution in [-0.4, -0.2) is 39.8 Å². The number of alkyl carbamates (subject to hydrolysis) is 1. The van der Waals surface area contributed by atoms with Gasteiger partial charge in [0, 0.05) is 18.3 Å². The summed E-state index contributed by atoms with van der Waals surface area (Å²) in [5.74, 6) is -1.12. The van der Waals surface area contributed by atoms with E-state index in [-0.39, 0.29) is 25.4 Å². The van der Waals surface area contributed by atoms with Crippen LogP contribution >= 0.6 is 12.4 Å². The van der Waals surface area contributed by atoms with Gasteiger partial charge in [-0.1, -0.05) is 0 Å². The minimum Gasteiger partial charge on any atom is -0.480 e. The number of nitrogens with zero attached hydrogens (tertiary/aromatic N) is 1. The Bertz CT molecular complexity index is 355. The van der Waals surface area contributed by atoms with Gasteiger partial charge in [0.1, 0.15) is 6.04 Å². The zero-order valence-corrected chi connectivity index (χ0v) is 9.99. The number of halogens is 1. The second-order valence-corrected chi connectivity index (χ2v) is 3.04. The predicted octanol–water partition coefficient (Wildman–Crippen LogP) is 0.573. The summed E-state index contributed by atoms with van der Waals surface area (Å²) < 4.78 is 4.60. The molecule has 0 aliphatic carbocycles. The molecule has 0 aromatic carbocycles. The zero-order valence-electron chi connectivity index (χ0n) is 9.17. The average molecular weight is 264 g/mol. The highest BCUT2D eigenvalue weighted by atomic mass is 35.5. The molecule has 3 N–H and O–H groups in total. The molecule has 0 unspecified atom stereocenters. The maximum atomic E-state index is 11.1. The summed E-state index contributed by atoms with van der Waals surface area (Å²) in [6, 6.07) is -1.03. The van der Waals surface area contributed by atoms with Crippen LogP contribution in [0.1, 0.15) is 12.6 Å². The molecule has 1 aromatic rings. The van der Waals surface area contributed by atoms with Crippen LogP contribution in [0, 0.1) is 0 Å². The van der Waals surface area contributed by atoms with E-state index in [1.54, 1.807) is 6.92 Å². The number of amides is 1. The Morgan fingerprint density at radius 2 is 2.35 bits per heavy atom. The largest absolute Gasteiger partial charge is 0.480 e. The van der Waals surface area contributed by atoms with Crippen molar-refractivity contribution in [1.82, 2.24) is 15.3 Å². The number of aromatic nitrogens is 2. The Morgan fingerprint density at radius 3 is 2.82 bits per heavy atom. The van der Waals surface area contributed by atoms with Gasteiger partial charge in [-0.3, -0.25) is 0 Å². The van der Waals surface area contributed by atoms with Crippen LogP contribution < -0.4 is 5.32 Å². The third-order valence-electron chi connectivity index (χ3n) is 1.84. The zero-order chi connectivity index (χ0) is 12.0. The number of carbonyl (C=O) groups excluding carboxylic acids is 1. The van der Waals surface area contributed by atoms with Gasteiger partial charge < -0.3 is 20.1 Å². The topological polar surface area (TPSA) is 104 Å². The number of carboxylic acids is 1. The lowest BCUT2D eigenvalue weighted by Gasteiger charge is -2.12. The lowest BCUT2D eigenvalue weighted by molar-refractivity contribution is -0.139. The van der Waals surface area contributed by atoms with Crippen LogP contribution in [0.5, 0.6) is 0 Å². The van der Waals surface area contributed by atoms with Crippen molar-refractivity contribution in [3.63, 3.8) is 0 Å². The van der Waals surface area contributed by atoms with E-state index in [1.165, 1.54) is 12.5 Å². The van der Waals surface area contributed by atoms with Gasteiger partial charge >= 0.3 is 12.1 Å². The Hall–Kier alpha value is -1.76. The summed E-state index contributed by atoms with van der Waals surface area (Å²) in [6.07, 6.45) is 2.34. The monoisotopic (exact) mass is 263 g/mol. The van der Waals surface area contributed by atoms with Crippen molar-refractivity contribution < 1.29 is 19.4 Å². The highest BCUT2D eigenvalue weighted by Gasteiger charge is 2.21. The molecule has 1 atom stereocenters. The summed E-state index contributed by atoms with van der Waals surface area (Å²) in [7, 11) is 0. The Kier molecular flexibility index (Phi) is 6.73. The smallest absolute Gasteiger partial charge is 0.407 e. The summed E-state index contributed by atoms with van der Waals surface area (Å²) in [4.78, 5) is 28.4. The van der Waals surface area contributed by atoms with Gasteiger partial charge in [0.05, 0.1) is 12.9 Å². The van der Waals surface area contributed by atoms with Crippen molar-refractivity contribution in [1.29, 1.82) is 0 Å². The first kappa shape index (κ1) is 15.2. The summed E-state index contributed by atoms with van der Waals surface area (Å²) in [6.45, 7) is 1.84. The molecular formula is C9H14ClN3O4. The van der Waals surface area contributed by atoms with Gasteiger partial charge in [-0.15, -0.1) is 12.4 Å². The molecule has 1 heterocycles. The van der Waals surface area contributed by atoms with Crippen LogP contribution in [0.4, 0.5) is 4.79 Å². The fourth-order valence-electron chi connectivity index (χ4n) is 1.13. The van der Waals surface area contributed by atoms with Crippen molar-refractivity contribution in [3.05, 3.63) is 18.2 Å². The molecule has 0 aliphatic rings. The number of hydrogen-bond acceptors (Lipinski definition) is 4. The Morgan fingerprint density at radius 1 is 1.65 bits per heavy atom. The van der Waals surface area contributed by atoms with Crippen molar-refractivity contribution in [2.75, 3.05) is 6.61 Å². The first-order chi connectivity index (χ1) is 7.63. The molecule has 0 spiro atoms. The summed E-state index contributed by atoms with van der Waals surface area (Å²) in [5, 5.41) is 11.1. The van der Waals surface area contributed by atoms with Crippen molar-refractivity contribution in [3.8, 4) is 0 Å². The number of aromatic amines is 1. The molecular weight excluding hydrogens is 250 g/mol. The van der Waals surface area contributed by atoms with Crippen molar-refractivity contribution >= 4 is 24.5 Å². The molecule has 8 heteroatoms. The van der Waals surface area contributed by atoms with Crippen LogP contribution in [0.15, 0.2) is 12.5 Å². The maximum Gasteiger partial charge on any atom is 0.407 e. The molecule has 0 aliphatic heterocycles. The Labute approximate surface area is 104 Å². The number of rotatable bonds is 5. The minimum atomic E-state index is -1.12. The molecule has 0 saturated heterocycles. The number of hydrogen-bond donors (Lipinski definition) is 3. The van der Waals surface area contributed by atoms with Gasteiger partial charge in [0.25, 0.3) is 0 Å². The van der Waals surface area contributed by atoms with E-state index in [2.05, 4.69) is 20.0 Å². The number of carbonyl (C=O) groups is 2. The van der Waals surface area contributed by atoms with Crippen molar-refractivity contribution in [2.45, 2.75) is 19.4 Å². The normalized spacial score (nSPS) is 11.1. The fraction of sp³-hybridized carbons (Fsp3) is 0.444. The van der Waals surface area contributed by atoms with E-state index in [9.17, 15) is 9.59 Å². The number of aliphatic carboxylic acids is 1. The van der Waals surface area contributed by atoms with Gasteiger partial charge in [0.2, 0.25) is 0 Å². The number of nitrogens with one attached hydrogen (secondary N) is 2. The van der Waals surface area contributed by atoms with Gasteiger partial charge in [-0.2, -0.15) is 0 Å². The van der Waals surface area contributed by atoms with Crippen LogP contribution in [0.3, 0.4) is 0 Å². The second kappa shape index (κ2) is 7.50. The minimum absolute atomic E-state index is 0.